The molecule has 1 aliphatic carbocycles. The minimum absolute atomic E-state index is 0. The number of nitrogens with one attached hydrogen (secondary N) is 1. The predicted octanol–water partition coefficient (Wildman–Crippen LogP) is 4.38. The van der Waals surface area contributed by atoms with Gasteiger partial charge in [0.2, 0.25) is 5.88 Å². The maximum absolute atomic E-state index is 5.93. The molecule has 3 rings (SSSR count). The van der Waals surface area contributed by atoms with E-state index < -0.39 is 0 Å². The maximum Gasteiger partial charge on any atom is 0.213 e. The molecule has 0 radical (unpaired) electrons. The zero-order chi connectivity index (χ0) is 19.1. The molecule has 1 saturated carbocycles. The van der Waals surface area contributed by atoms with Gasteiger partial charge in [-0.1, -0.05) is 6.07 Å². The highest BCUT2D eigenvalue weighted by atomic mass is 127. The van der Waals surface area contributed by atoms with Gasteiger partial charge in [0.15, 0.2) is 5.96 Å². The van der Waals surface area contributed by atoms with Crippen molar-refractivity contribution >= 4 is 41.3 Å². The topological polar surface area (TPSA) is 62.6 Å². The molecule has 0 aliphatic heterocycles. The fourth-order valence-corrected chi connectivity index (χ4v) is 3.79. The number of aryl methyl sites for hydroxylation is 1. The molecule has 8 heteroatoms. The molecule has 0 amide bonds. The molecule has 1 aliphatic rings. The molecule has 0 spiro atoms. The number of aliphatic imine (C=N–C) groups is 1. The number of pyridine rings is 1. The quantitative estimate of drug-likeness (QED) is 0.337. The van der Waals surface area contributed by atoms with Crippen molar-refractivity contribution in [2.75, 3.05) is 13.6 Å². The standard InChI is InChI=1S/C20H29N5OS.HI/c1-4-21-20(25(3)13-17-14-27-15(2)24-17)23-12-16-9-10-19(22-11-16)26-18-7-5-6-8-18;/h9-11,14,18H,4-8,12-13H2,1-3H3,(H,21,23);1H. The fraction of sp³-hybridized carbons (Fsp3) is 0.550. The summed E-state index contributed by atoms with van der Waals surface area (Å²) in [7, 11) is 2.03. The van der Waals surface area contributed by atoms with E-state index in [-0.39, 0.29) is 24.0 Å². The normalized spacial score (nSPS) is 14.6. The molecule has 0 saturated heterocycles. The number of ether oxygens (including phenoxy) is 1. The van der Waals surface area contributed by atoms with Crippen LogP contribution in [0.4, 0.5) is 0 Å². The first-order valence-corrected chi connectivity index (χ1v) is 10.5. The molecule has 0 bridgehead atoms. The third-order valence-corrected chi connectivity index (χ3v) is 5.38. The monoisotopic (exact) mass is 515 g/mol. The first kappa shape index (κ1) is 22.9. The van der Waals surface area contributed by atoms with Crippen molar-refractivity contribution in [3.8, 4) is 5.88 Å². The minimum Gasteiger partial charge on any atom is -0.474 e. The lowest BCUT2D eigenvalue weighted by atomic mass is 10.3. The number of guanidine groups is 1. The first-order valence-electron chi connectivity index (χ1n) is 9.66. The molecule has 0 unspecified atom stereocenters. The van der Waals surface area contributed by atoms with Crippen LogP contribution in [0.1, 0.15) is 48.9 Å². The van der Waals surface area contributed by atoms with Gasteiger partial charge in [-0.25, -0.2) is 15.0 Å². The Kier molecular flexibility index (Phi) is 9.43. The third-order valence-electron chi connectivity index (χ3n) is 4.56. The van der Waals surface area contributed by atoms with Crippen LogP contribution in [-0.2, 0) is 13.1 Å². The molecule has 0 atom stereocenters. The second-order valence-electron chi connectivity index (χ2n) is 6.91. The first-order chi connectivity index (χ1) is 13.1. The summed E-state index contributed by atoms with van der Waals surface area (Å²) in [6, 6.07) is 4.01. The van der Waals surface area contributed by atoms with E-state index in [9.17, 15) is 0 Å². The van der Waals surface area contributed by atoms with Crippen LogP contribution >= 0.6 is 35.3 Å². The molecule has 28 heavy (non-hydrogen) atoms. The summed E-state index contributed by atoms with van der Waals surface area (Å²) in [6.45, 7) is 6.25. The number of nitrogens with zero attached hydrogens (tertiary/aromatic N) is 4. The average Bonchev–Trinajstić information content (AvgIpc) is 3.31. The highest BCUT2D eigenvalue weighted by molar-refractivity contribution is 14.0. The molecule has 2 aromatic rings. The number of thiazole rings is 1. The summed E-state index contributed by atoms with van der Waals surface area (Å²) in [5.74, 6) is 1.59. The van der Waals surface area contributed by atoms with E-state index in [1.165, 1.54) is 12.8 Å². The lowest BCUT2D eigenvalue weighted by molar-refractivity contribution is 0.201. The molecular weight excluding hydrogens is 485 g/mol. The molecule has 154 valence electrons. The van der Waals surface area contributed by atoms with E-state index >= 15 is 0 Å². The van der Waals surface area contributed by atoms with Gasteiger partial charge in [0, 0.05) is 31.2 Å². The van der Waals surface area contributed by atoms with Crippen LogP contribution in [0.2, 0.25) is 0 Å². The molecule has 2 heterocycles. The Morgan fingerprint density at radius 1 is 1.36 bits per heavy atom. The van der Waals surface area contributed by atoms with Crippen molar-refractivity contribution in [1.82, 2.24) is 20.2 Å². The van der Waals surface area contributed by atoms with E-state index in [0.717, 1.165) is 54.0 Å². The van der Waals surface area contributed by atoms with E-state index in [1.807, 2.05) is 32.3 Å². The van der Waals surface area contributed by atoms with Gasteiger partial charge >= 0.3 is 0 Å². The van der Waals surface area contributed by atoms with Crippen LogP contribution in [0.3, 0.4) is 0 Å². The van der Waals surface area contributed by atoms with Crippen LogP contribution in [0, 0.1) is 6.92 Å². The Morgan fingerprint density at radius 3 is 2.75 bits per heavy atom. The highest BCUT2D eigenvalue weighted by Crippen LogP contribution is 2.23. The van der Waals surface area contributed by atoms with E-state index in [0.29, 0.717) is 12.6 Å². The smallest absolute Gasteiger partial charge is 0.213 e. The summed E-state index contributed by atoms with van der Waals surface area (Å²) >= 11 is 1.68. The summed E-state index contributed by atoms with van der Waals surface area (Å²) < 4.78 is 5.93. The van der Waals surface area contributed by atoms with Crippen LogP contribution in [-0.4, -0.2) is 40.5 Å². The maximum atomic E-state index is 5.93. The highest BCUT2D eigenvalue weighted by Gasteiger charge is 2.16. The van der Waals surface area contributed by atoms with Gasteiger partial charge in [0.1, 0.15) is 6.10 Å². The Hall–Kier alpha value is -1.42. The van der Waals surface area contributed by atoms with Crippen LogP contribution in [0.25, 0.3) is 0 Å². The lowest BCUT2D eigenvalue weighted by Gasteiger charge is -2.21. The zero-order valence-corrected chi connectivity index (χ0v) is 20.0. The van der Waals surface area contributed by atoms with Gasteiger partial charge < -0.3 is 15.0 Å². The van der Waals surface area contributed by atoms with Gasteiger partial charge in [0.05, 0.1) is 23.8 Å². The lowest BCUT2D eigenvalue weighted by Crippen LogP contribution is -2.38. The van der Waals surface area contributed by atoms with Crippen molar-refractivity contribution in [2.45, 2.75) is 58.7 Å². The van der Waals surface area contributed by atoms with Crippen LogP contribution in [0.15, 0.2) is 28.7 Å². The second-order valence-corrected chi connectivity index (χ2v) is 7.98. The molecule has 1 N–H and O–H groups in total. The average molecular weight is 515 g/mol. The van der Waals surface area contributed by atoms with Crippen LogP contribution < -0.4 is 10.1 Å². The van der Waals surface area contributed by atoms with Crippen molar-refractivity contribution in [1.29, 1.82) is 0 Å². The summed E-state index contributed by atoms with van der Waals surface area (Å²) in [4.78, 5) is 15.8. The number of rotatable bonds is 7. The number of hydrogen-bond donors (Lipinski definition) is 1. The zero-order valence-electron chi connectivity index (χ0n) is 16.9. The van der Waals surface area contributed by atoms with Crippen LogP contribution in [0.5, 0.6) is 5.88 Å². The van der Waals surface area contributed by atoms with Gasteiger partial charge in [-0.15, -0.1) is 35.3 Å². The van der Waals surface area contributed by atoms with Crippen molar-refractivity contribution in [2.24, 2.45) is 4.99 Å². The second kappa shape index (κ2) is 11.5. The summed E-state index contributed by atoms with van der Waals surface area (Å²) in [5, 5.41) is 6.53. The Morgan fingerprint density at radius 2 is 2.14 bits per heavy atom. The van der Waals surface area contributed by atoms with E-state index in [2.05, 4.69) is 32.5 Å². The van der Waals surface area contributed by atoms with Crippen molar-refractivity contribution in [3.63, 3.8) is 0 Å². The molecule has 6 nitrogen and oxygen atoms in total. The van der Waals surface area contributed by atoms with Gasteiger partial charge in [-0.2, -0.15) is 0 Å². The molecule has 0 aromatic carbocycles. The Balaban J connectivity index is 0.00000280. The number of hydrogen-bond acceptors (Lipinski definition) is 5. The van der Waals surface area contributed by atoms with E-state index in [1.54, 1.807) is 11.3 Å². The molecule has 2 aromatic heterocycles. The number of aromatic nitrogens is 2. The SMILES string of the molecule is CCNC(=NCc1ccc(OC2CCCC2)nc1)N(C)Cc1csc(C)n1.I. The van der Waals surface area contributed by atoms with Gasteiger partial charge in [-0.3, -0.25) is 0 Å². The summed E-state index contributed by atoms with van der Waals surface area (Å²) in [6.07, 6.45) is 7.01. The largest absolute Gasteiger partial charge is 0.474 e. The van der Waals surface area contributed by atoms with Gasteiger partial charge in [0.25, 0.3) is 0 Å². The summed E-state index contributed by atoms with van der Waals surface area (Å²) in [5.41, 5.74) is 2.14. The van der Waals surface area contributed by atoms with Crippen molar-refractivity contribution < 1.29 is 4.74 Å². The van der Waals surface area contributed by atoms with Crippen molar-refractivity contribution in [3.05, 3.63) is 40.0 Å². The third kappa shape index (κ3) is 6.88. The Labute approximate surface area is 188 Å². The molecule has 1 fully saturated rings. The predicted molar refractivity (Wildman–Crippen MR) is 126 cm³/mol. The number of halogens is 1. The van der Waals surface area contributed by atoms with E-state index in [4.69, 9.17) is 9.73 Å². The molecular formula is C20H30IN5OS. The minimum atomic E-state index is 0. The fourth-order valence-electron chi connectivity index (χ4n) is 3.19. The Bertz CT molecular complexity index is 743. The van der Waals surface area contributed by atoms with Gasteiger partial charge in [-0.05, 0) is 45.1 Å².